The zero-order valence-electron chi connectivity index (χ0n) is 12.8. The van der Waals surface area contributed by atoms with Gasteiger partial charge in [0.05, 0.1) is 0 Å². The molecule has 0 heterocycles. The van der Waals surface area contributed by atoms with Crippen LogP contribution in [0.25, 0.3) is 0 Å². The smallest absolute Gasteiger partial charge is 0.267 e. The van der Waals surface area contributed by atoms with Crippen LogP contribution < -0.4 is 5.43 Å². The molecule has 3 heteroatoms. The Kier molecular flexibility index (Phi) is 3.44. The van der Waals surface area contributed by atoms with E-state index in [0.717, 1.165) is 5.71 Å². The fourth-order valence-corrected chi connectivity index (χ4v) is 4.02. The highest BCUT2D eigenvalue weighted by atomic mass is 16.2. The van der Waals surface area contributed by atoms with E-state index in [0.29, 0.717) is 23.3 Å². The number of amides is 1. The highest BCUT2D eigenvalue weighted by Crippen LogP contribution is 2.56. The number of nitrogens with one attached hydrogen (secondary N) is 1. The minimum Gasteiger partial charge on any atom is -0.267 e. The molecule has 2 aliphatic rings. The van der Waals surface area contributed by atoms with Crippen molar-refractivity contribution < 1.29 is 4.79 Å². The van der Waals surface area contributed by atoms with Crippen molar-refractivity contribution in [1.29, 1.82) is 0 Å². The van der Waals surface area contributed by atoms with Crippen molar-refractivity contribution in [3.63, 3.8) is 0 Å². The third kappa shape index (κ3) is 2.41. The first-order chi connectivity index (χ1) is 10.00. The molecule has 0 aliphatic heterocycles. The molecule has 1 aromatic carbocycles. The van der Waals surface area contributed by atoms with Crippen LogP contribution in [0.2, 0.25) is 0 Å². The van der Waals surface area contributed by atoms with Crippen LogP contribution in [0.3, 0.4) is 0 Å². The SMILES string of the molecule is C/C(=N/NC(=O)c1ccccc1)[C@H]1[C@H]2C=C[C@@H](C2)C1(C)C. The number of nitrogens with zero attached hydrogens (tertiary/aromatic N) is 1. The molecule has 0 saturated heterocycles. The molecular weight excluding hydrogens is 260 g/mol. The fraction of sp³-hybridized carbons (Fsp3) is 0.444. The van der Waals surface area contributed by atoms with Crippen LogP contribution in [0.5, 0.6) is 0 Å². The van der Waals surface area contributed by atoms with Gasteiger partial charge in [-0.05, 0) is 42.7 Å². The number of allylic oxidation sites excluding steroid dienone is 2. The van der Waals surface area contributed by atoms with E-state index in [-0.39, 0.29) is 11.3 Å². The summed E-state index contributed by atoms with van der Waals surface area (Å²) < 4.78 is 0. The Hall–Kier alpha value is -1.90. The van der Waals surface area contributed by atoms with E-state index in [9.17, 15) is 4.79 Å². The van der Waals surface area contributed by atoms with E-state index in [2.05, 4.69) is 36.5 Å². The molecule has 3 nitrogen and oxygen atoms in total. The van der Waals surface area contributed by atoms with Crippen LogP contribution in [-0.2, 0) is 0 Å². The highest BCUT2D eigenvalue weighted by molar-refractivity contribution is 5.95. The average Bonchev–Trinajstić information content (AvgIpc) is 3.04. The van der Waals surface area contributed by atoms with Gasteiger partial charge in [0.2, 0.25) is 0 Å². The van der Waals surface area contributed by atoms with Crippen molar-refractivity contribution in [3.05, 3.63) is 48.0 Å². The van der Waals surface area contributed by atoms with E-state index in [1.807, 2.05) is 25.1 Å². The van der Waals surface area contributed by atoms with Gasteiger partial charge in [-0.15, -0.1) is 0 Å². The van der Waals surface area contributed by atoms with Gasteiger partial charge in [-0.2, -0.15) is 5.10 Å². The van der Waals surface area contributed by atoms with Gasteiger partial charge in [0.15, 0.2) is 0 Å². The van der Waals surface area contributed by atoms with Gasteiger partial charge in [0.1, 0.15) is 0 Å². The van der Waals surface area contributed by atoms with Crippen molar-refractivity contribution >= 4 is 11.6 Å². The molecule has 3 atom stereocenters. The summed E-state index contributed by atoms with van der Waals surface area (Å²) in [6, 6.07) is 9.20. The second-order valence-electron chi connectivity index (χ2n) is 6.75. The van der Waals surface area contributed by atoms with Gasteiger partial charge in [0, 0.05) is 17.2 Å². The molecule has 2 bridgehead atoms. The molecule has 110 valence electrons. The summed E-state index contributed by atoms with van der Waals surface area (Å²) in [5.74, 6) is 1.49. The summed E-state index contributed by atoms with van der Waals surface area (Å²) in [7, 11) is 0. The third-order valence-corrected chi connectivity index (χ3v) is 5.12. The number of carbonyl (C=O) groups is 1. The lowest BCUT2D eigenvalue weighted by molar-refractivity contribution is 0.0954. The van der Waals surface area contributed by atoms with Crippen LogP contribution in [0.4, 0.5) is 0 Å². The summed E-state index contributed by atoms with van der Waals surface area (Å²) in [5, 5.41) is 4.38. The van der Waals surface area contributed by atoms with E-state index in [4.69, 9.17) is 0 Å². The highest BCUT2D eigenvalue weighted by Gasteiger charge is 2.51. The number of fused-ring (bicyclic) bond motifs is 2. The molecule has 1 saturated carbocycles. The molecule has 1 fully saturated rings. The monoisotopic (exact) mass is 282 g/mol. The first kappa shape index (κ1) is 14.1. The molecule has 1 amide bonds. The second kappa shape index (κ2) is 5.14. The number of benzene rings is 1. The first-order valence-corrected chi connectivity index (χ1v) is 7.58. The molecule has 1 aromatic rings. The van der Waals surface area contributed by atoms with E-state index >= 15 is 0 Å². The Balaban J connectivity index is 1.73. The average molecular weight is 282 g/mol. The molecule has 0 unspecified atom stereocenters. The second-order valence-corrected chi connectivity index (χ2v) is 6.75. The van der Waals surface area contributed by atoms with Crippen molar-refractivity contribution in [1.82, 2.24) is 5.43 Å². The maximum absolute atomic E-state index is 12.1. The van der Waals surface area contributed by atoms with Crippen LogP contribution in [0, 0.1) is 23.2 Å². The van der Waals surface area contributed by atoms with Gasteiger partial charge in [-0.25, -0.2) is 5.43 Å². The van der Waals surface area contributed by atoms with Gasteiger partial charge >= 0.3 is 0 Å². The van der Waals surface area contributed by atoms with Crippen molar-refractivity contribution in [2.45, 2.75) is 27.2 Å². The van der Waals surface area contributed by atoms with Crippen molar-refractivity contribution in [2.24, 2.45) is 28.3 Å². The molecule has 0 radical (unpaired) electrons. The van der Waals surface area contributed by atoms with Crippen LogP contribution >= 0.6 is 0 Å². The number of hydrogen-bond acceptors (Lipinski definition) is 2. The topological polar surface area (TPSA) is 41.5 Å². The largest absolute Gasteiger partial charge is 0.271 e. The molecule has 0 spiro atoms. The number of hydrazone groups is 1. The predicted octanol–water partition coefficient (Wildman–Crippen LogP) is 3.64. The third-order valence-electron chi connectivity index (χ3n) is 5.12. The summed E-state index contributed by atoms with van der Waals surface area (Å²) in [6.45, 7) is 6.65. The Bertz CT molecular complexity index is 601. The maximum Gasteiger partial charge on any atom is 0.271 e. The summed E-state index contributed by atoms with van der Waals surface area (Å²) in [5.41, 5.74) is 4.59. The minimum absolute atomic E-state index is 0.147. The Morgan fingerprint density at radius 1 is 1.24 bits per heavy atom. The standard InChI is InChI=1S/C18H22N2O/c1-12(16-14-9-10-15(11-14)18(16,2)3)19-20-17(21)13-7-5-4-6-8-13/h4-10,14-16H,11H2,1-3H3,(H,20,21)/b19-12-/t14-,15-,16-/m0/s1. The lowest BCUT2D eigenvalue weighted by atomic mass is 9.69. The number of rotatable bonds is 3. The zero-order chi connectivity index (χ0) is 15.0. The van der Waals surface area contributed by atoms with Gasteiger partial charge in [0.25, 0.3) is 5.91 Å². The van der Waals surface area contributed by atoms with E-state index in [1.54, 1.807) is 12.1 Å². The predicted molar refractivity (Wildman–Crippen MR) is 85.0 cm³/mol. The summed E-state index contributed by atoms with van der Waals surface area (Å²) in [6.07, 6.45) is 5.88. The van der Waals surface area contributed by atoms with Crippen molar-refractivity contribution in [2.75, 3.05) is 0 Å². The van der Waals surface area contributed by atoms with E-state index in [1.165, 1.54) is 6.42 Å². The van der Waals surface area contributed by atoms with Crippen LogP contribution in [0.15, 0.2) is 47.6 Å². The first-order valence-electron chi connectivity index (χ1n) is 7.58. The lowest BCUT2D eigenvalue weighted by Crippen LogP contribution is -2.34. The Labute approximate surface area is 126 Å². The number of hydrogen-bond donors (Lipinski definition) is 1. The van der Waals surface area contributed by atoms with Crippen molar-refractivity contribution in [3.8, 4) is 0 Å². The van der Waals surface area contributed by atoms with Gasteiger partial charge < -0.3 is 0 Å². The summed E-state index contributed by atoms with van der Waals surface area (Å²) in [4.78, 5) is 12.1. The van der Waals surface area contributed by atoms with E-state index < -0.39 is 0 Å². The Morgan fingerprint density at radius 2 is 1.95 bits per heavy atom. The number of carbonyl (C=O) groups excluding carboxylic acids is 1. The Morgan fingerprint density at radius 3 is 2.57 bits per heavy atom. The quantitative estimate of drug-likeness (QED) is 0.513. The zero-order valence-corrected chi connectivity index (χ0v) is 12.8. The molecule has 0 aromatic heterocycles. The molecule has 21 heavy (non-hydrogen) atoms. The molecule has 2 aliphatic carbocycles. The normalized spacial score (nSPS) is 29.7. The summed E-state index contributed by atoms with van der Waals surface area (Å²) >= 11 is 0. The van der Waals surface area contributed by atoms with Crippen LogP contribution in [-0.4, -0.2) is 11.6 Å². The molecular formula is C18H22N2O. The minimum atomic E-state index is -0.147. The lowest BCUT2D eigenvalue weighted by Gasteiger charge is -2.35. The maximum atomic E-state index is 12.1. The van der Waals surface area contributed by atoms with Gasteiger partial charge in [-0.1, -0.05) is 44.2 Å². The molecule has 1 N–H and O–H groups in total. The molecule has 3 rings (SSSR count). The van der Waals surface area contributed by atoms with Gasteiger partial charge in [-0.3, -0.25) is 4.79 Å². The van der Waals surface area contributed by atoms with Crippen LogP contribution in [0.1, 0.15) is 37.6 Å². The fourth-order valence-electron chi connectivity index (χ4n) is 4.02.